The third-order valence-electron chi connectivity index (χ3n) is 3.35. The van der Waals surface area contributed by atoms with Crippen molar-refractivity contribution < 1.29 is 0 Å². The van der Waals surface area contributed by atoms with Crippen LogP contribution in [-0.4, -0.2) is 22.6 Å². The van der Waals surface area contributed by atoms with Crippen molar-refractivity contribution in [2.24, 2.45) is 0 Å². The highest BCUT2D eigenvalue weighted by Crippen LogP contribution is 2.15. The summed E-state index contributed by atoms with van der Waals surface area (Å²) in [4.78, 5) is 16.7. The van der Waals surface area contributed by atoms with Crippen LogP contribution < -0.4 is 10.9 Å². The van der Waals surface area contributed by atoms with Crippen LogP contribution in [0.1, 0.15) is 18.9 Å². The molecule has 1 aliphatic rings. The summed E-state index contributed by atoms with van der Waals surface area (Å²) in [6.07, 6.45) is 3.85. The van der Waals surface area contributed by atoms with Crippen LogP contribution in [0.2, 0.25) is 0 Å². The Bertz CT molecular complexity index is 584. The molecular formula is C13H15N3O. The first-order chi connectivity index (χ1) is 8.36. The third kappa shape index (κ3) is 1.85. The van der Waals surface area contributed by atoms with Gasteiger partial charge in [-0.3, -0.25) is 9.36 Å². The van der Waals surface area contributed by atoms with Gasteiger partial charge in [0.25, 0.3) is 5.56 Å². The SMILES string of the molecule is O=c1c2ccccc2ncn1[C@H]1CCCNC1. The Hall–Kier alpha value is -1.68. The third-order valence-corrected chi connectivity index (χ3v) is 3.35. The summed E-state index contributed by atoms with van der Waals surface area (Å²) in [5.41, 5.74) is 0.849. The molecule has 0 bridgehead atoms. The molecule has 2 heterocycles. The molecular weight excluding hydrogens is 214 g/mol. The summed E-state index contributed by atoms with van der Waals surface area (Å²) in [5, 5.41) is 4.03. The molecule has 0 unspecified atom stereocenters. The van der Waals surface area contributed by atoms with Crippen LogP contribution >= 0.6 is 0 Å². The number of nitrogens with one attached hydrogen (secondary N) is 1. The Labute approximate surface area is 99.3 Å². The van der Waals surface area contributed by atoms with E-state index in [1.807, 2.05) is 24.3 Å². The summed E-state index contributed by atoms with van der Waals surface area (Å²) in [7, 11) is 0. The van der Waals surface area contributed by atoms with Crippen LogP contribution in [0.25, 0.3) is 10.9 Å². The second kappa shape index (κ2) is 4.30. The highest BCUT2D eigenvalue weighted by atomic mass is 16.1. The molecule has 1 aromatic heterocycles. The van der Waals surface area contributed by atoms with E-state index in [1.54, 1.807) is 10.9 Å². The Morgan fingerprint density at radius 2 is 2.24 bits per heavy atom. The van der Waals surface area contributed by atoms with Crippen molar-refractivity contribution in [2.45, 2.75) is 18.9 Å². The van der Waals surface area contributed by atoms with Gasteiger partial charge in [-0.05, 0) is 31.5 Å². The maximum absolute atomic E-state index is 12.3. The fourth-order valence-electron chi connectivity index (χ4n) is 2.41. The van der Waals surface area contributed by atoms with Gasteiger partial charge in [0.1, 0.15) is 0 Å². The number of nitrogens with zero attached hydrogens (tertiary/aromatic N) is 2. The molecule has 1 aliphatic heterocycles. The smallest absolute Gasteiger partial charge is 0.261 e. The molecule has 17 heavy (non-hydrogen) atoms. The molecule has 0 amide bonds. The molecule has 1 fully saturated rings. The van der Waals surface area contributed by atoms with Crippen LogP contribution in [0, 0.1) is 0 Å². The van der Waals surface area contributed by atoms with Gasteiger partial charge in [0.05, 0.1) is 23.3 Å². The summed E-state index contributed by atoms with van der Waals surface area (Å²) in [6, 6.07) is 7.75. The zero-order valence-corrected chi connectivity index (χ0v) is 9.60. The molecule has 0 saturated carbocycles. The zero-order chi connectivity index (χ0) is 11.7. The molecule has 1 atom stereocenters. The molecule has 1 aromatic carbocycles. The molecule has 0 aliphatic carbocycles. The van der Waals surface area contributed by atoms with Crippen molar-refractivity contribution in [3.8, 4) is 0 Å². The Balaban J connectivity index is 2.11. The van der Waals surface area contributed by atoms with Crippen molar-refractivity contribution in [3.63, 3.8) is 0 Å². The maximum atomic E-state index is 12.3. The minimum absolute atomic E-state index is 0.0734. The van der Waals surface area contributed by atoms with Gasteiger partial charge in [-0.25, -0.2) is 4.98 Å². The lowest BCUT2D eigenvalue weighted by atomic mass is 10.1. The number of para-hydroxylation sites is 1. The van der Waals surface area contributed by atoms with E-state index in [1.165, 1.54) is 0 Å². The first-order valence-electron chi connectivity index (χ1n) is 6.03. The summed E-state index contributed by atoms with van der Waals surface area (Å²) >= 11 is 0. The number of aromatic nitrogens is 2. The fourth-order valence-corrected chi connectivity index (χ4v) is 2.41. The summed E-state index contributed by atoms with van der Waals surface area (Å²) in [5.74, 6) is 0. The van der Waals surface area contributed by atoms with E-state index in [2.05, 4.69) is 10.3 Å². The molecule has 0 spiro atoms. The number of rotatable bonds is 1. The van der Waals surface area contributed by atoms with E-state index in [0.717, 1.165) is 31.4 Å². The first-order valence-corrected chi connectivity index (χ1v) is 6.03. The molecule has 0 radical (unpaired) electrons. The van der Waals surface area contributed by atoms with Crippen molar-refractivity contribution in [3.05, 3.63) is 40.9 Å². The number of hydrogen-bond donors (Lipinski definition) is 1. The van der Waals surface area contributed by atoms with E-state index in [-0.39, 0.29) is 11.6 Å². The lowest BCUT2D eigenvalue weighted by molar-refractivity contribution is 0.363. The molecule has 3 rings (SSSR count). The van der Waals surface area contributed by atoms with E-state index in [4.69, 9.17) is 0 Å². The molecule has 2 aromatic rings. The minimum atomic E-state index is 0.0734. The zero-order valence-electron chi connectivity index (χ0n) is 9.60. The van der Waals surface area contributed by atoms with Gasteiger partial charge in [-0.15, -0.1) is 0 Å². The van der Waals surface area contributed by atoms with E-state index < -0.39 is 0 Å². The Kier molecular flexibility index (Phi) is 2.65. The van der Waals surface area contributed by atoms with Gasteiger partial charge in [-0.2, -0.15) is 0 Å². The lowest BCUT2D eigenvalue weighted by Gasteiger charge is -2.24. The fraction of sp³-hybridized carbons (Fsp3) is 0.385. The predicted octanol–water partition coefficient (Wildman–Crippen LogP) is 1.32. The lowest BCUT2D eigenvalue weighted by Crippen LogP contribution is -2.36. The van der Waals surface area contributed by atoms with Crippen molar-refractivity contribution in [1.82, 2.24) is 14.9 Å². The highest BCUT2D eigenvalue weighted by Gasteiger charge is 2.16. The van der Waals surface area contributed by atoms with Crippen LogP contribution in [0.3, 0.4) is 0 Å². The molecule has 1 N–H and O–H groups in total. The number of benzene rings is 1. The van der Waals surface area contributed by atoms with Gasteiger partial charge >= 0.3 is 0 Å². The first kappa shape index (κ1) is 10.5. The van der Waals surface area contributed by atoms with Gasteiger partial charge in [-0.1, -0.05) is 12.1 Å². The van der Waals surface area contributed by atoms with E-state index in [9.17, 15) is 4.79 Å². The highest BCUT2D eigenvalue weighted by molar-refractivity contribution is 5.76. The van der Waals surface area contributed by atoms with Crippen molar-refractivity contribution >= 4 is 10.9 Å². The van der Waals surface area contributed by atoms with Gasteiger partial charge in [0.15, 0.2) is 0 Å². The van der Waals surface area contributed by atoms with Crippen LogP contribution in [0.4, 0.5) is 0 Å². The second-order valence-corrected chi connectivity index (χ2v) is 4.47. The van der Waals surface area contributed by atoms with E-state index >= 15 is 0 Å². The molecule has 88 valence electrons. The monoisotopic (exact) mass is 229 g/mol. The Morgan fingerprint density at radius 1 is 1.35 bits per heavy atom. The summed E-state index contributed by atoms with van der Waals surface area (Å²) in [6.45, 7) is 1.91. The quantitative estimate of drug-likeness (QED) is 0.802. The number of fused-ring (bicyclic) bond motifs is 1. The second-order valence-electron chi connectivity index (χ2n) is 4.47. The van der Waals surface area contributed by atoms with E-state index in [0.29, 0.717) is 5.39 Å². The standard InChI is InChI=1S/C13H15N3O/c17-13-11-5-1-2-6-12(11)15-9-16(13)10-4-3-7-14-8-10/h1-2,5-6,9-10,14H,3-4,7-8H2/t10-/m0/s1. The van der Waals surface area contributed by atoms with Crippen LogP contribution in [-0.2, 0) is 0 Å². The van der Waals surface area contributed by atoms with Gasteiger partial charge in [0, 0.05) is 6.54 Å². The normalized spacial score (nSPS) is 20.6. The minimum Gasteiger partial charge on any atom is -0.315 e. The molecule has 1 saturated heterocycles. The van der Waals surface area contributed by atoms with Gasteiger partial charge in [0.2, 0.25) is 0 Å². The summed E-state index contributed by atoms with van der Waals surface area (Å²) < 4.78 is 1.77. The van der Waals surface area contributed by atoms with Crippen LogP contribution in [0.15, 0.2) is 35.4 Å². The number of hydrogen-bond acceptors (Lipinski definition) is 3. The Morgan fingerprint density at radius 3 is 3.06 bits per heavy atom. The topological polar surface area (TPSA) is 46.9 Å². The number of piperidine rings is 1. The van der Waals surface area contributed by atoms with Gasteiger partial charge < -0.3 is 5.32 Å². The molecule has 4 heteroatoms. The van der Waals surface area contributed by atoms with Crippen molar-refractivity contribution in [2.75, 3.05) is 13.1 Å². The molecule has 4 nitrogen and oxygen atoms in total. The largest absolute Gasteiger partial charge is 0.315 e. The predicted molar refractivity (Wildman–Crippen MR) is 67.1 cm³/mol. The van der Waals surface area contributed by atoms with Crippen molar-refractivity contribution in [1.29, 1.82) is 0 Å². The maximum Gasteiger partial charge on any atom is 0.261 e. The average molecular weight is 229 g/mol. The van der Waals surface area contributed by atoms with Crippen LogP contribution in [0.5, 0.6) is 0 Å². The average Bonchev–Trinajstić information content (AvgIpc) is 2.40.